The van der Waals surface area contributed by atoms with E-state index in [0.717, 1.165) is 191 Å². The number of benzene rings is 7. The Labute approximate surface area is 665 Å². The number of nitrogens with one attached hydrogen (secondary N) is 3. The quantitative estimate of drug-likeness (QED) is 0.0182. The van der Waals surface area contributed by atoms with E-state index in [9.17, 15) is 39.4 Å². The van der Waals surface area contributed by atoms with Crippen molar-refractivity contribution in [3.8, 4) is 31.3 Å². The molecule has 584 valence electrons. The molecule has 0 unspecified atom stereocenters. The summed E-state index contributed by atoms with van der Waals surface area (Å²) in [5.74, 6) is -2.30. The average Bonchev–Trinajstić information content (AvgIpc) is 1.75. The summed E-state index contributed by atoms with van der Waals surface area (Å²) in [5.41, 5.74) is 22.1. The molecule has 5 saturated heterocycles. The molecule has 2 amide bonds. The number of carboxylic acids is 2. The van der Waals surface area contributed by atoms with Crippen LogP contribution in [0.15, 0.2) is 204 Å². The van der Waals surface area contributed by atoms with E-state index in [4.69, 9.17) is 45.4 Å². The number of aromatic carboxylic acids is 2. The number of thiophene rings is 3. The Hall–Kier alpha value is -9.96. The van der Waals surface area contributed by atoms with Crippen LogP contribution in [0.1, 0.15) is 76.5 Å². The second-order valence-corrected chi connectivity index (χ2v) is 28.9. The lowest BCUT2D eigenvalue weighted by Crippen LogP contribution is -2.35. The molecule has 7 aromatic carbocycles. The van der Waals surface area contributed by atoms with Gasteiger partial charge in [-0.15, -0.1) is 34.0 Å². The van der Waals surface area contributed by atoms with Gasteiger partial charge in [-0.05, 0) is 171 Å². The van der Waals surface area contributed by atoms with Gasteiger partial charge in [0, 0.05) is 128 Å². The zero-order chi connectivity index (χ0) is 78.5. The summed E-state index contributed by atoms with van der Waals surface area (Å²) in [6.45, 7) is 18.6. The number of nitrogens with zero attached hydrogens (tertiary/aromatic N) is 5. The van der Waals surface area contributed by atoms with Gasteiger partial charge in [-0.2, -0.15) is 0 Å². The van der Waals surface area contributed by atoms with Gasteiger partial charge in [0.05, 0.1) is 85.2 Å². The van der Waals surface area contributed by atoms with E-state index in [1.807, 2.05) is 113 Å². The number of nitrogens with two attached hydrogens (primary N) is 2. The number of hydrogen-bond donors (Lipinski definition) is 7. The Bertz CT molecular complexity index is 4480. The molecular weight excluding hydrogens is 1540 g/mol. The fraction of sp³-hybridized carbons (Fsp3) is 0.293. The van der Waals surface area contributed by atoms with Crippen LogP contribution in [0, 0.1) is 20.2 Å². The lowest BCUT2D eigenvalue weighted by molar-refractivity contribution is -0.384. The number of carbonyl (C=O) groups is 4. The van der Waals surface area contributed by atoms with E-state index in [1.165, 1.54) is 41.9 Å². The fourth-order valence-electron chi connectivity index (χ4n) is 11.4. The van der Waals surface area contributed by atoms with Gasteiger partial charge < -0.3 is 61.3 Å². The number of halogens is 1. The summed E-state index contributed by atoms with van der Waals surface area (Å²) in [6, 6.07) is 56.0. The molecule has 5 aliphatic heterocycles. The minimum Gasteiger partial charge on any atom is -0.478 e. The zero-order valence-electron chi connectivity index (χ0n) is 61.3. The number of nitro benzene ring substituents is 2. The topological polar surface area (TPSA) is 339 Å². The van der Waals surface area contributed by atoms with Crippen LogP contribution in [0.5, 0.6) is 0 Å². The lowest BCUT2D eigenvalue weighted by Gasteiger charge is -2.26. The minimum atomic E-state index is -0.883. The average molecular weight is 1630 g/mol. The lowest BCUT2D eigenvalue weighted by atomic mass is 10.1. The molecule has 3 aromatic heterocycles. The maximum atomic E-state index is 12.7. The standard InChI is InChI=1S/C22H21N3O4S.C22H23N3O2S.C12H15NO3.C10H8N2O2S.C8H7BrO2.C4H9NO.C4H8O/c26-22(17-5-3-16(4-6-17)15-24-9-11-29-12-10-24)23-19-14-18(21-2-1-13-30-21)7-8-20(19)25(27)28;23-19-8-7-18(21-2-1-13-28-21)14-20(19)24-22(26)17-5-3-16(4-6-17)15-25-9-11-27-12-10-25;14-12(15)11-3-1-10(2-4-11)9-13-5-7-16-8-6-13;11-8-6-7(10-2-1-5-15-10)3-4-9(8)12(13)14;9-5-6-1-3-7(4-2-6)8(10)11;1-3-6-4-2-5-1;1-2-4-5-3-1/h1-8,13-14H,9-12,15H2,(H,23,26);1-8,13-14H,9-12,15,23H2,(H,24,26);1-4H,5-9H2,(H,14,15);1-6H,11H2;1-4H,5H2,(H,10,11);5H,1-4H2;1-4H2. The van der Waals surface area contributed by atoms with E-state index in [-0.39, 0.29) is 34.6 Å². The predicted molar refractivity (Wildman–Crippen MR) is 442 cm³/mol. The Kier molecular flexibility index (Phi) is 35.3. The Balaban J connectivity index is 0.000000160. The number of morpholine rings is 4. The van der Waals surface area contributed by atoms with Crippen LogP contribution in [-0.4, -0.2) is 177 Å². The van der Waals surface area contributed by atoms with Crippen molar-refractivity contribution in [2.24, 2.45) is 0 Å². The van der Waals surface area contributed by atoms with Crippen molar-refractivity contribution in [1.82, 2.24) is 20.0 Å². The van der Waals surface area contributed by atoms with Crippen molar-refractivity contribution < 1.29 is 62.9 Å². The number of alkyl halides is 1. The molecule has 8 heterocycles. The summed E-state index contributed by atoms with van der Waals surface area (Å²) < 4.78 is 26.0. The molecule has 0 atom stereocenters. The smallest absolute Gasteiger partial charge is 0.335 e. The molecule has 5 aliphatic rings. The third kappa shape index (κ3) is 28.7. The molecule has 29 heteroatoms. The Morgan fingerprint density at radius 3 is 1.09 bits per heavy atom. The van der Waals surface area contributed by atoms with Crippen LogP contribution < -0.4 is 27.4 Å². The van der Waals surface area contributed by atoms with Crippen LogP contribution >= 0.6 is 49.9 Å². The number of nitro groups is 2. The van der Waals surface area contributed by atoms with Crippen LogP contribution in [0.25, 0.3) is 31.3 Å². The van der Waals surface area contributed by atoms with Gasteiger partial charge in [0.1, 0.15) is 11.4 Å². The third-order valence-corrected chi connectivity index (χ3v) is 21.0. The molecule has 9 N–H and O–H groups in total. The first-order chi connectivity index (χ1) is 54.0. The number of anilines is 4. The molecule has 0 radical (unpaired) electrons. The van der Waals surface area contributed by atoms with Crippen molar-refractivity contribution in [2.75, 3.05) is 141 Å². The molecular formula is C82H91BrN10O15S3. The first-order valence-electron chi connectivity index (χ1n) is 36.1. The number of nitrogen functional groups attached to an aromatic ring is 2. The van der Waals surface area contributed by atoms with Gasteiger partial charge in [0.15, 0.2) is 0 Å². The van der Waals surface area contributed by atoms with Crippen molar-refractivity contribution in [2.45, 2.75) is 37.8 Å². The van der Waals surface area contributed by atoms with Crippen LogP contribution in [-0.2, 0) is 48.6 Å². The summed E-state index contributed by atoms with van der Waals surface area (Å²) in [4.78, 5) is 77.6. The van der Waals surface area contributed by atoms with Gasteiger partial charge in [-0.3, -0.25) is 44.5 Å². The van der Waals surface area contributed by atoms with Crippen LogP contribution in [0.2, 0.25) is 0 Å². The van der Waals surface area contributed by atoms with E-state index < -0.39 is 21.8 Å². The number of rotatable bonds is 18. The van der Waals surface area contributed by atoms with Crippen molar-refractivity contribution in [3.05, 3.63) is 269 Å². The van der Waals surface area contributed by atoms with Crippen molar-refractivity contribution >= 4 is 108 Å². The summed E-state index contributed by atoms with van der Waals surface area (Å²) in [5, 5.41) is 54.8. The highest BCUT2D eigenvalue weighted by molar-refractivity contribution is 9.08. The monoisotopic (exact) mass is 1630 g/mol. The predicted octanol–water partition coefficient (Wildman–Crippen LogP) is 15.3. The number of hydrogen-bond acceptors (Lipinski definition) is 22. The van der Waals surface area contributed by atoms with E-state index in [0.29, 0.717) is 33.6 Å². The first kappa shape index (κ1) is 85.0. The van der Waals surface area contributed by atoms with Gasteiger partial charge in [-0.1, -0.05) is 88.7 Å². The molecule has 10 aromatic rings. The summed E-state index contributed by atoms with van der Waals surface area (Å²) >= 11 is 8.04. The van der Waals surface area contributed by atoms with E-state index >= 15 is 0 Å². The largest absolute Gasteiger partial charge is 0.478 e. The van der Waals surface area contributed by atoms with Crippen molar-refractivity contribution in [3.63, 3.8) is 0 Å². The summed E-state index contributed by atoms with van der Waals surface area (Å²) in [7, 11) is 0. The molecule has 0 saturated carbocycles. The second-order valence-electron chi connectivity index (χ2n) is 25.5. The highest BCUT2D eigenvalue weighted by Gasteiger charge is 2.21. The van der Waals surface area contributed by atoms with Gasteiger partial charge >= 0.3 is 11.9 Å². The second kappa shape index (κ2) is 46.0. The third-order valence-electron chi connectivity index (χ3n) is 17.6. The van der Waals surface area contributed by atoms with Crippen LogP contribution in [0.3, 0.4) is 0 Å². The van der Waals surface area contributed by atoms with Crippen LogP contribution in [0.4, 0.5) is 34.1 Å². The van der Waals surface area contributed by atoms with Crippen molar-refractivity contribution in [1.29, 1.82) is 0 Å². The Morgan fingerprint density at radius 1 is 0.423 bits per heavy atom. The number of amides is 2. The fourth-order valence-corrected chi connectivity index (χ4v) is 14.0. The van der Waals surface area contributed by atoms with E-state index in [2.05, 4.69) is 52.6 Å². The normalized spacial score (nSPS) is 14.8. The number of carbonyl (C=O) groups excluding carboxylic acids is 2. The molecule has 25 nitrogen and oxygen atoms in total. The first-order valence-corrected chi connectivity index (χ1v) is 39.8. The molecule has 0 aliphatic carbocycles. The Morgan fingerprint density at radius 2 is 0.766 bits per heavy atom. The van der Waals surface area contributed by atoms with Gasteiger partial charge in [0.25, 0.3) is 23.2 Å². The van der Waals surface area contributed by atoms with E-state index in [1.54, 1.807) is 95.5 Å². The maximum Gasteiger partial charge on any atom is 0.335 e. The highest BCUT2D eigenvalue weighted by atomic mass is 79.9. The summed E-state index contributed by atoms with van der Waals surface area (Å²) in [6.07, 6.45) is 2.56. The highest BCUT2D eigenvalue weighted by Crippen LogP contribution is 2.35. The molecule has 0 bridgehead atoms. The molecule has 111 heavy (non-hydrogen) atoms. The number of carboxylic acid groups (broad SMARTS) is 2. The zero-order valence-corrected chi connectivity index (χ0v) is 65.3. The van der Waals surface area contributed by atoms with Gasteiger partial charge in [0.2, 0.25) is 0 Å². The molecule has 15 rings (SSSR count). The van der Waals surface area contributed by atoms with Gasteiger partial charge in [-0.25, -0.2) is 9.59 Å². The minimum absolute atomic E-state index is 0.0460. The maximum absolute atomic E-state index is 12.7. The molecule has 0 spiro atoms. The number of ether oxygens (including phenoxy) is 5. The SMILES string of the molecule is C1CCOC1.C1COCCN1.Nc1cc(-c2cccs2)ccc1[N+](=O)[O-].Nc1ccc(-c2cccs2)cc1NC(=O)c1ccc(CN2CCOCC2)cc1.O=C(Nc1cc(-c2cccs2)ccc1[N+](=O)[O-])c1ccc(CN2CCOCC2)cc1.O=C(O)c1ccc(CBr)cc1.O=C(O)c1ccc(CN2CCOCC2)cc1. The molecule has 5 fully saturated rings.